The van der Waals surface area contributed by atoms with Crippen molar-refractivity contribution in [1.29, 1.82) is 0 Å². The highest BCUT2D eigenvalue weighted by molar-refractivity contribution is 6.35. The van der Waals surface area contributed by atoms with Crippen LogP contribution in [0.15, 0.2) is 30.5 Å². The number of benzene rings is 1. The number of hydrogen-bond acceptors (Lipinski definition) is 1. The predicted molar refractivity (Wildman–Crippen MR) is 69.2 cm³/mol. The van der Waals surface area contributed by atoms with Gasteiger partial charge in [-0.05, 0) is 30.7 Å². The zero-order valence-corrected chi connectivity index (χ0v) is 10.6. The molecular formula is C13H11Cl2NO. The summed E-state index contributed by atoms with van der Waals surface area (Å²) in [7, 11) is 0. The Morgan fingerprint density at radius 1 is 1.29 bits per heavy atom. The number of rotatable bonds is 1. The third-order valence-corrected chi connectivity index (χ3v) is 3.56. The second-order valence-electron chi connectivity index (χ2n) is 4.12. The fraction of sp³-hybridized carbons (Fsp3) is 0.231. The van der Waals surface area contributed by atoms with E-state index in [0.717, 1.165) is 17.7 Å². The van der Waals surface area contributed by atoms with E-state index in [1.807, 2.05) is 18.3 Å². The topological polar surface area (TPSA) is 25.0 Å². The molecule has 0 fully saturated rings. The Balaban J connectivity index is 2.13. The first kappa shape index (κ1) is 11.0. The minimum atomic E-state index is 0.282. The van der Waals surface area contributed by atoms with Gasteiger partial charge >= 0.3 is 0 Å². The van der Waals surface area contributed by atoms with Gasteiger partial charge in [0.05, 0.1) is 11.6 Å². The lowest BCUT2D eigenvalue weighted by Crippen LogP contribution is -2.15. The molecule has 4 heteroatoms. The fourth-order valence-electron chi connectivity index (χ4n) is 2.31. The number of H-pyrrole nitrogens is 1. The van der Waals surface area contributed by atoms with Crippen LogP contribution in [0, 0.1) is 0 Å². The molecule has 1 aromatic heterocycles. The van der Waals surface area contributed by atoms with Gasteiger partial charge in [0.25, 0.3) is 0 Å². The standard InChI is InChI=1S/C13H11Cl2NO/c14-8-6-10-9(12-2-1-4-16-12)3-5-17-13(10)11(15)7-8/h1-2,4,6-7,9,16H,3,5H2. The molecule has 0 spiro atoms. The molecule has 0 bridgehead atoms. The molecule has 1 N–H and O–H groups in total. The number of nitrogens with one attached hydrogen (secondary N) is 1. The van der Waals surface area contributed by atoms with Gasteiger partial charge in [-0.2, -0.15) is 0 Å². The summed E-state index contributed by atoms with van der Waals surface area (Å²) < 4.78 is 5.63. The summed E-state index contributed by atoms with van der Waals surface area (Å²) in [4.78, 5) is 3.24. The maximum absolute atomic E-state index is 6.15. The molecule has 3 rings (SSSR count). The summed E-state index contributed by atoms with van der Waals surface area (Å²) in [5.41, 5.74) is 2.24. The van der Waals surface area contributed by atoms with E-state index in [1.54, 1.807) is 6.07 Å². The number of fused-ring (bicyclic) bond motifs is 1. The van der Waals surface area contributed by atoms with Crippen molar-refractivity contribution in [1.82, 2.24) is 4.98 Å². The van der Waals surface area contributed by atoms with Crippen molar-refractivity contribution in [3.05, 3.63) is 51.8 Å². The van der Waals surface area contributed by atoms with Crippen LogP contribution in [0.1, 0.15) is 23.6 Å². The molecule has 1 atom stereocenters. The molecule has 1 aromatic carbocycles. The Hall–Kier alpha value is -1.12. The lowest BCUT2D eigenvalue weighted by atomic mass is 9.90. The van der Waals surface area contributed by atoms with Crippen molar-refractivity contribution in [2.24, 2.45) is 0 Å². The van der Waals surface area contributed by atoms with Crippen molar-refractivity contribution >= 4 is 23.2 Å². The maximum Gasteiger partial charge on any atom is 0.141 e. The second kappa shape index (κ2) is 4.28. The Kier molecular flexibility index (Phi) is 2.77. The number of hydrogen-bond donors (Lipinski definition) is 1. The van der Waals surface area contributed by atoms with Crippen LogP contribution in [0.5, 0.6) is 5.75 Å². The van der Waals surface area contributed by atoms with E-state index in [0.29, 0.717) is 16.7 Å². The van der Waals surface area contributed by atoms with Crippen LogP contribution in [0.25, 0.3) is 0 Å². The molecule has 2 heterocycles. The molecule has 0 radical (unpaired) electrons. The predicted octanol–water partition coefficient (Wildman–Crippen LogP) is 4.24. The van der Waals surface area contributed by atoms with Crippen LogP contribution in [-0.2, 0) is 0 Å². The van der Waals surface area contributed by atoms with Gasteiger partial charge in [0.15, 0.2) is 0 Å². The molecule has 2 aromatic rings. The van der Waals surface area contributed by atoms with Crippen molar-refractivity contribution in [2.75, 3.05) is 6.61 Å². The zero-order chi connectivity index (χ0) is 11.8. The third-order valence-electron chi connectivity index (χ3n) is 3.06. The van der Waals surface area contributed by atoms with E-state index in [2.05, 4.69) is 11.1 Å². The van der Waals surface area contributed by atoms with Crippen LogP contribution in [0.3, 0.4) is 0 Å². The highest BCUT2D eigenvalue weighted by Gasteiger charge is 2.26. The van der Waals surface area contributed by atoms with Gasteiger partial charge in [0.1, 0.15) is 5.75 Å². The molecule has 0 saturated heterocycles. The summed E-state index contributed by atoms with van der Waals surface area (Å²) in [5, 5.41) is 1.24. The molecule has 0 amide bonds. The Labute approximate surface area is 110 Å². The zero-order valence-electron chi connectivity index (χ0n) is 9.04. The summed E-state index contributed by atoms with van der Waals surface area (Å²) in [6.07, 6.45) is 2.86. The van der Waals surface area contributed by atoms with Gasteiger partial charge in [-0.15, -0.1) is 0 Å². The first-order chi connectivity index (χ1) is 8.25. The van der Waals surface area contributed by atoms with Crippen molar-refractivity contribution < 1.29 is 4.74 Å². The SMILES string of the molecule is Clc1cc(Cl)c2c(c1)C(c1ccc[nH]1)CCO2. The average molecular weight is 268 g/mol. The van der Waals surface area contributed by atoms with Gasteiger partial charge in [-0.3, -0.25) is 0 Å². The third kappa shape index (κ3) is 1.92. The number of aromatic nitrogens is 1. The van der Waals surface area contributed by atoms with E-state index in [4.69, 9.17) is 27.9 Å². The average Bonchev–Trinajstić information content (AvgIpc) is 2.81. The van der Waals surface area contributed by atoms with E-state index in [-0.39, 0.29) is 5.92 Å². The quantitative estimate of drug-likeness (QED) is 0.822. The fourth-order valence-corrected chi connectivity index (χ4v) is 2.87. The Bertz CT molecular complexity index is 537. The molecular weight excluding hydrogens is 257 g/mol. The van der Waals surface area contributed by atoms with Crippen molar-refractivity contribution in [2.45, 2.75) is 12.3 Å². The minimum Gasteiger partial charge on any atom is -0.492 e. The van der Waals surface area contributed by atoms with Crippen molar-refractivity contribution in [3.63, 3.8) is 0 Å². The van der Waals surface area contributed by atoms with E-state index < -0.39 is 0 Å². The van der Waals surface area contributed by atoms with E-state index in [1.165, 1.54) is 5.69 Å². The van der Waals surface area contributed by atoms with Gasteiger partial charge in [0, 0.05) is 28.4 Å². The lowest BCUT2D eigenvalue weighted by molar-refractivity contribution is 0.276. The van der Waals surface area contributed by atoms with E-state index >= 15 is 0 Å². The van der Waals surface area contributed by atoms with E-state index in [9.17, 15) is 0 Å². The smallest absolute Gasteiger partial charge is 0.141 e. The van der Waals surface area contributed by atoms with Crippen molar-refractivity contribution in [3.8, 4) is 5.75 Å². The number of aromatic amines is 1. The molecule has 0 aliphatic carbocycles. The molecule has 0 saturated carbocycles. The molecule has 17 heavy (non-hydrogen) atoms. The largest absolute Gasteiger partial charge is 0.492 e. The highest BCUT2D eigenvalue weighted by Crippen LogP contribution is 2.43. The van der Waals surface area contributed by atoms with Crippen LogP contribution in [0.4, 0.5) is 0 Å². The molecule has 1 unspecified atom stereocenters. The maximum atomic E-state index is 6.15. The Morgan fingerprint density at radius 2 is 2.18 bits per heavy atom. The van der Waals surface area contributed by atoms with Crippen LogP contribution < -0.4 is 4.74 Å². The summed E-state index contributed by atoms with van der Waals surface area (Å²) in [5.74, 6) is 1.05. The molecule has 88 valence electrons. The molecule has 1 aliphatic rings. The first-order valence-corrected chi connectivity index (χ1v) is 6.26. The second-order valence-corrected chi connectivity index (χ2v) is 4.96. The molecule has 1 aliphatic heterocycles. The number of ether oxygens (including phenoxy) is 1. The minimum absolute atomic E-state index is 0.282. The Morgan fingerprint density at radius 3 is 2.94 bits per heavy atom. The highest BCUT2D eigenvalue weighted by atomic mass is 35.5. The summed E-state index contributed by atoms with van der Waals surface area (Å²) >= 11 is 12.2. The van der Waals surface area contributed by atoms with Gasteiger partial charge in [-0.25, -0.2) is 0 Å². The molecule has 2 nitrogen and oxygen atoms in total. The van der Waals surface area contributed by atoms with Crippen LogP contribution >= 0.6 is 23.2 Å². The normalized spacial score (nSPS) is 18.6. The lowest BCUT2D eigenvalue weighted by Gasteiger charge is -2.26. The monoisotopic (exact) mass is 267 g/mol. The van der Waals surface area contributed by atoms with Gasteiger partial charge in [0.2, 0.25) is 0 Å². The van der Waals surface area contributed by atoms with Crippen LogP contribution in [0.2, 0.25) is 10.0 Å². The first-order valence-electron chi connectivity index (χ1n) is 5.51. The van der Waals surface area contributed by atoms with Gasteiger partial charge in [-0.1, -0.05) is 23.2 Å². The van der Waals surface area contributed by atoms with Crippen LogP contribution in [-0.4, -0.2) is 11.6 Å². The summed E-state index contributed by atoms with van der Waals surface area (Å²) in [6.45, 7) is 0.679. The number of halogens is 2. The van der Waals surface area contributed by atoms with Gasteiger partial charge < -0.3 is 9.72 Å². The summed E-state index contributed by atoms with van der Waals surface area (Å²) in [6, 6.07) is 7.73.